The van der Waals surface area contributed by atoms with Gasteiger partial charge in [0.1, 0.15) is 6.04 Å². The molecule has 10 heteroatoms. The van der Waals surface area contributed by atoms with E-state index < -0.39 is 9.84 Å². The van der Waals surface area contributed by atoms with E-state index in [1.54, 1.807) is 18.2 Å². The number of hydrogen-bond acceptors (Lipinski definition) is 9. The molecule has 3 aromatic rings. The molecule has 0 spiro atoms. The van der Waals surface area contributed by atoms with Crippen molar-refractivity contribution in [2.24, 2.45) is 10.9 Å². The monoisotopic (exact) mass is 502 g/mol. The van der Waals surface area contributed by atoms with Crippen molar-refractivity contribution in [2.75, 3.05) is 23.4 Å². The first-order valence-corrected chi connectivity index (χ1v) is 14.2. The number of aliphatic imine (C=N–C) groups is 1. The SMILES string of the molecule is CC(C)C[C@@H]1N=C(Nc2ccc(CCNc3nc4ccc(S(C)(=O)=O)cc4s3)cc2)SC1=O. The Morgan fingerprint density at radius 2 is 1.88 bits per heavy atom. The number of aromatic nitrogens is 1. The van der Waals surface area contributed by atoms with Gasteiger partial charge in [-0.25, -0.2) is 18.4 Å². The molecule has 2 aromatic carbocycles. The summed E-state index contributed by atoms with van der Waals surface area (Å²) in [6, 6.07) is 12.8. The molecule has 1 aliphatic heterocycles. The third-order valence-electron chi connectivity index (χ3n) is 5.12. The minimum Gasteiger partial charge on any atom is -0.361 e. The van der Waals surface area contributed by atoms with E-state index in [0.29, 0.717) is 22.5 Å². The number of thioether (sulfide) groups is 1. The summed E-state index contributed by atoms with van der Waals surface area (Å²) in [5.74, 6) is 0.434. The third-order valence-corrected chi connectivity index (χ3v) is 8.08. The highest BCUT2D eigenvalue weighted by atomic mass is 32.2. The van der Waals surface area contributed by atoms with Crippen LogP contribution in [0.3, 0.4) is 0 Å². The van der Waals surface area contributed by atoms with Crippen molar-refractivity contribution in [2.45, 2.75) is 37.6 Å². The minimum absolute atomic E-state index is 0.108. The zero-order chi connectivity index (χ0) is 23.6. The van der Waals surface area contributed by atoms with E-state index in [4.69, 9.17) is 0 Å². The number of anilines is 2. The molecule has 0 unspecified atom stereocenters. The topological polar surface area (TPSA) is 101 Å². The molecule has 0 amide bonds. The van der Waals surface area contributed by atoms with E-state index in [-0.39, 0.29) is 11.2 Å². The predicted octanol–water partition coefficient (Wildman–Crippen LogP) is 4.81. The number of carbonyl (C=O) groups excluding carboxylic acids is 1. The summed E-state index contributed by atoms with van der Waals surface area (Å²) in [5, 5.41) is 8.10. The molecule has 1 aromatic heterocycles. The number of carbonyl (C=O) groups is 1. The maximum Gasteiger partial charge on any atom is 0.221 e. The standard InChI is InChI=1S/C23H26N4O3S3/c1-14(2)12-19-21(28)32-23(27-19)25-16-6-4-15(5-7-16)10-11-24-22-26-18-9-8-17(33(3,29)30)13-20(18)31-22/h4-9,13-14,19H,10-12H2,1-3H3,(H,24,26)(H,25,27)/t19-/m0/s1. The first-order chi connectivity index (χ1) is 15.7. The molecule has 0 saturated heterocycles. The quantitative estimate of drug-likeness (QED) is 0.456. The highest BCUT2D eigenvalue weighted by Gasteiger charge is 2.28. The van der Waals surface area contributed by atoms with Crippen LogP contribution in [0.5, 0.6) is 0 Å². The van der Waals surface area contributed by atoms with Crippen LogP contribution in [0.15, 0.2) is 52.4 Å². The van der Waals surface area contributed by atoms with Gasteiger partial charge in [-0.05, 0) is 66.4 Å². The molecule has 1 aliphatic rings. The Bertz CT molecular complexity index is 1300. The molecule has 2 heterocycles. The molecule has 0 saturated carbocycles. The van der Waals surface area contributed by atoms with Gasteiger partial charge in [-0.1, -0.05) is 37.3 Å². The summed E-state index contributed by atoms with van der Waals surface area (Å²) in [6.45, 7) is 4.90. The maximum absolute atomic E-state index is 12.1. The predicted molar refractivity (Wildman–Crippen MR) is 138 cm³/mol. The summed E-state index contributed by atoms with van der Waals surface area (Å²) in [4.78, 5) is 21.4. The number of benzene rings is 2. The second-order valence-electron chi connectivity index (χ2n) is 8.42. The maximum atomic E-state index is 12.1. The van der Waals surface area contributed by atoms with Crippen LogP contribution in [-0.2, 0) is 21.1 Å². The molecular formula is C23H26N4O3S3. The highest BCUT2D eigenvalue weighted by Crippen LogP contribution is 2.28. The van der Waals surface area contributed by atoms with Crippen molar-refractivity contribution in [3.63, 3.8) is 0 Å². The fourth-order valence-corrected chi connectivity index (χ4v) is 5.92. The molecule has 1 atom stereocenters. The summed E-state index contributed by atoms with van der Waals surface area (Å²) in [7, 11) is -3.23. The summed E-state index contributed by atoms with van der Waals surface area (Å²) >= 11 is 2.63. The summed E-state index contributed by atoms with van der Waals surface area (Å²) < 4.78 is 24.3. The van der Waals surface area contributed by atoms with E-state index in [1.807, 2.05) is 24.3 Å². The molecule has 174 valence electrons. The minimum atomic E-state index is -3.23. The van der Waals surface area contributed by atoms with Gasteiger partial charge >= 0.3 is 0 Å². The van der Waals surface area contributed by atoms with Gasteiger partial charge in [0.2, 0.25) is 5.12 Å². The average molecular weight is 503 g/mol. The third kappa shape index (κ3) is 6.13. The number of thiazole rings is 1. The average Bonchev–Trinajstić information content (AvgIpc) is 3.30. The Balaban J connectivity index is 1.30. The second kappa shape index (κ2) is 9.82. The molecule has 0 aliphatic carbocycles. The Morgan fingerprint density at radius 3 is 2.58 bits per heavy atom. The van der Waals surface area contributed by atoms with Crippen LogP contribution in [-0.4, -0.2) is 42.5 Å². The zero-order valence-electron chi connectivity index (χ0n) is 18.7. The number of fused-ring (bicyclic) bond motifs is 1. The lowest BCUT2D eigenvalue weighted by molar-refractivity contribution is -0.112. The van der Waals surface area contributed by atoms with E-state index in [1.165, 1.54) is 34.9 Å². The molecule has 0 radical (unpaired) electrons. The van der Waals surface area contributed by atoms with Gasteiger partial charge < -0.3 is 10.6 Å². The van der Waals surface area contributed by atoms with Crippen LogP contribution in [0, 0.1) is 5.92 Å². The Morgan fingerprint density at radius 1 is 1.12 bits per heavy atom. The van der Waals surface area contributed by atoms with Gasteiger partial charge in [0.15, 0.2) is 20.1 Å². The van der Waals surface area contributed by atoms with Gasteiger partial charge in [-0.3, -0.25) is 4.79 Å². The summed E-state index contributed by atoms with van der Waals surface area (Å²) in [5.41, 5.74) is 2.86. The van der Waals surface area contributed by atoms with Crippen molar-refractivity contribution in [1.82, 2.24) is 4.98 Å². The Hall–Kier alpha value is -2.43. The first kappa shape index (κ1) is 23.7. The molecule has 7 nitrogen and oxygen atoms in total. The van der Waals surface area contributed by atoms with Crippen LogP contribution in [0.2, 0.25) is 0 Å². The van der Waals surface area contributed by atoms with Crippen molar-refractivity contribution in [3.05, 3.63) is 48.0 Å². The fourth-order valence-electron chi connectivity index (χ4n) is 3.44. The molecule has 0 bridgehead atoms. The zero-order valence-corrected chi connectivity index (χ0v) is 21.1. The van der Waals surface area contributed by atoms with Crippen LogP contribution >= 0.6 is 23.1 Å². The van der Waals surface area contributed by atoms with Crippen molar-refractivity contribution in [3.8, 4) is 0 Å². The molecule has 33 heavy (non-hydrogen) atoms. The normalized spacial score (nSPS) is 16.4. The lowest BCUT2D eigenvalue weighted by Gasteiger charge is -2.07. The van der Waals surface area contributed by atoms with Crippen LogP contribution < -0.4 is 10.6 Å². The number of rotatable bonds is 8. The van der Waals surface area contributed by atoms with E-state index >= 15 is 0 Å². The molecule has 4 rings (SSSR count). The smallest absolute Gasteiger partial charge is 0.221 e. The molecule has 0 fully saturated rings. The van der Waals surface area contributed by atoms with Crippen LogP contribution in [0.4, 0.5) is 10.8 Å². The number of nitrogens with one attached hydrogen (secondary N) is 2. The molecular weight excluding hydrogens is 476 g/mol. The van der Waals surface area contributed by atoms with Gasteiger partial charge in [-0.15, -0.1) is 0 Å². The lowest BCUT2D eigenvalue weighted by Crippen LogP contribution is -2.13. The van der Waals surface area contributed by atoms with Gasteiger partial charge in [0.25, 0.3) is 0 Å². The number of sulfone groups is 1. The number of hydrogen-bond donors (Lipinski definition) is 2. The number of nitrogens with zero attached hydrogens (tertiary/aromatic N) is 2. The largest absolute Gasteiger partial charge is 0.361 e. The molecule has 2 N–H and O–H groups in total. The summed E-state index contributed by atoms with van der Waals surface area (Å²) in [6.07, 6.45) is 2.80. The Kier molecular flexibility index (Phi) is 7.06. The van der Waals surface area contributed by atoms with Gasteiger partial charge in [0, 0.05) is 18.5 Å². The van der Waals surface area contributed by atoms with Crippen molar-refractivity contribution in [1.29, 1.82) is 0 Å². The van der Waals surface area contributed by atoms with Gasteiger partial charge in [0.05, 0.1) is 15.1 Å². The lowest BCUT2D eigenvalue weighted by atomic mass is 10.1. The fraction of sp³-hybridized carbons (Fsp3) is 0.348. The Labute approximate surface area is 202 Å². The first-order valence-electron chi connectivity index (χ1n) is 10.7. The van der Waals surface area contributed by atoms with Crippen molar-refractivity contribution < 1.29 is 13.2 Å². The van der Waals surface area contributed by atoms with E-state index in [9.17, 15) is 13.2 Å². The van der Waals surface area contributed by atoms with Gasteiger partial charge in [-0.2, -0.15) is 0 Å². The van der Waals surface area contributed by atoms with Crippen LogP contribution in [0.1, 0.15) is 25.8 Å². The van der Waals surface area contributed by atoms with E-state index in [0.717, 1.165) is 33.9 Å². The van der Waals surface area contributed by atoms with Crippen molar-refractivity contribution >= 4 is 64.3 Å². The van der Waals surface area contributed by atoms with E-state index in [2.05, 4.69) is 34.5 Å². The highest BCUT2D eigenvalue weighted by molar-refractivity contribution is 8.27. The second-order valence-corrected chi connectivity index (χ2v) is 12.5. The number of amidine groups is 1. The van der Waals surface area contributed by atoms with Crippen LogP contribution in [0.25, 0.3) is 10.2 Å².